The number of phenols is 1. The van der Waals surface area contributed by atoms with Crippen molar-refractivity contribution in [2.75, 3.05) is 5.73 Å². The van der Waals surface area contributed by atoms with Gasteiger partial charge in [-0.1, -0.05) is 28.1 Å². The fourth-order valence-electron chi connectivity index (χ4n) is 2.01. The standard InChI is InChI=1S/C15H14BrNO3/c16-11-3-6-14(18)10(7-11)8-13(15(19)20)9-1-4-12(17)5-2-9/h1-7,13,18H,8,17H2,(H,19,20). The zero-order valence-electron chi connectivity index (χ0n) is 10.6. The summed E-state index contributed by atoms with van der Waals surface area (Å²) in [6.07, 6.45) is 0.213. The van der Waals surface area contributed by atoms with Crippen LogP contribution in [0.2, 0.25) is 0 Å². The monoisotopic (exact) mass is 335 g/mol. The van der Waals surface area contributed by atoms with Crippen molar-refractivity contribution in [1.29, 1.82) is 0 Å². The number of hydrogen-bond acceptors (Lipinski definition) is 3. The number of phenolic OH excluding ortho intramolecular Hbond substituents is 1. The van der Waals surface area contributed by atoms with Crippen LogP contribution in [0.5, 0.6) is 5.75 Å². The lowest BCUT2D eigenvalue weighted by molar-refractivity contribution is -0.138. The van der Waals surface area contributed by atoms with E-state index >= 15 is 0 Å². The molecule has 4 nitrogen and oxygen atoms in total. The molecule has 20 heavy (non-hydrogen) atoms. The first-order chi connectivity index (χ1) is 9.47. The van der Waals surface area contributed by atoms with E-state index in [1.807, 2.05) is 0 Å². The lowest BCUT2D eigenvalue weighted by atomic mass is 9.91. The molecule has 0 heterocycles. The Morgan fingerprint density at radius 3 is 2.45 bits per heavy atom. The molecule has 0 amide bonds. The van der Waals surface area contributed by atoms with E-state index in [0.29, 0.717) is 16.8 Å². The highest BCUT2D eigenvalue weighted by Gasteiger charge is 2.21. The summed E-state index contributed by atoms with van der Waals surface area (Å²) in [5, 5.41) is 19.2. The average molecular weight is 336 g/mol. The van der Waals surface area contributed by atoms with Crippen LogP contribution in [0.1, 0.15) is 17.0 Å². The summed E-state index contributed by atoms with van der Waals surface area (Å²) in [7, 11) is 0. The van der Waals surface area contributed by atoms with Gasteiger partial charge in [-0.2, -0.15) is 0 Å². The Hall–Kier alpha value is -2.01. The third-order valence-corrected chi connectivity index (χ3v) is 3.60. The minimum Gasteiger partial charge on any atom is -0.508 e. The van der Waals surface area contributed by atoms with Gasteiger partial charge in [0.1, 0.15) is 5.75 Å². The lowest BCUT2D eigenvalue weighted by Gasteiger charge is -2.14. The summed E-state index contributed by atoms with van der Waals surface area (Å²) in [6, 6.07) is 11.7. The minimum atomic E-state index is -0.936. The van der Waals surface area contributed by atoms with Crippen LogP contribution in [0.3, 0.4) is 0 Å². The lowest BCUT2D eigenvalue weighted by Crippen LogP contribution is -2.14. The number of aromatic hydroxyl groups is 1. The second-order valence-electron chi connectivity index (χ2n) is 4.53. The number of carboxylic acids is 1. The van der Waals surface area contributed by atoms with Crippen molar-refractivity contribution in [1.82, 2.24) is 0 Å². The number of benzene rings is 2. The quantitative estimate of drug-likeness (QED) is 0.749. The first kappa shape index (κ1) is 14.4. The van der Waals surface area contributed by atoms with Crippen molar-refractivity contribution < 1.29 is 15.0 Å². The minimum absolute atomic E-state index is 0.0925. The van der Waals surface area contributed by atoms with Crippen molar-refractivity contribution >= 4 is 27.6 Å². The molecule has 0 spiro atoms. The molecule has 2 rings (SSSR count). The molecule has 2 aromatic carbocycles. The summed E-state index contributed by atoms with van der Waals surface area (Å²) in [6.45, 7) is 0. The van der Waals surface area contributed by atoms with Crippen LogP contribution in [0.15, 0.2) is 46.9 Å². The van der Waals surface area contributed by atoms with Crippen LogP contribution < -0.4 is 5.73 Å². The molecule has 5 heteroatoms. The van der Waals surface area contributed by atoms with Crippen LogP contribution in [-0.2, 0) is 11.2 Å². The number of anilines is 1. The van der Waals surface area contributed by atoms with Crippen molar-refractivity contribution in [2.45, 2.75) is 12.3 Å². The molecule has 0 aliphatic heterocycles. The van der Waals surface area contributed by atoms with Gasteiger partial charge >= 0.3 is 5.97 Å². The van der Waals surface area contributed by atoms with E-state index in [1.54, 1.807) is 42.5 Å². The van der Waals surface area contributed by atoms with Crippen LogP contribution in [-0.4, -0.2) is 16.2 Å². The van der Waals surface area contributed by atoms with Crippen LogP contribution in [0.4, 0.5) is 5.69 Å². The third kappa shape index (κ3) is 3.30. The molecule has 0 aliphatic carbocycles. The van der Waals surface area contributed by atoms with Crippen molar-refractivity contribution in [3.8, 4) is 5.75 Å². The van der Waals surface area contributed by atoms with Gasteiger partial charge in [0.25, 0.3) is 0 Å². The number of nitrogen functional groups attached to an aromatic ring is 1. The number of rotatable bonds is 4. The van der Waals surface area contributed by atoms with Crippen molar-refractivity contribution in [3.05, 3.63) is 58.1 Å². The van der Waals surface area contributed by atoms with E-state index in [4.69, 9.17) is 5.73 Å². The van der Waals surface area contributed by atoms with E-state index < -0.39 is 11.9 Å². The van der Waals surface area contributed by atoms with Gasteiger partial charge in [-0.25, -0.2) is 0 Å². The first-order valence-electron chi connectivity index (χ1n) is 6.03. The van der Waals surface area contributed by atoms with E-state index in [2.05, 4.69) is 15.9 Å². The molecule has 0 aromatic heterocycles. The smallest absolute Gasteiger partial charge is 0.311 e. The van der Waals surface area contributed by atoms with Crippen molar-refractivity contribution in [3.63, 3.8) is 0 Å². The molecule has 0 radical (unpaired) electrons. The largest absolute Gasteiger partial charge is 0.508 e. The Morgan fingerprint density at radius 1 is 1.20 bits per heavy atom. The molecular weight excluding hydrogens is 322 g/mol. The molecule has 0 bridgehead atoms. The normalized spacial score (nSPS) is 12.1. The van der Waals surface area contributed by atoms with Crippen LogP contribution in [0, 0.1) is 0 Å². The maximum absolute atomic E-state index is 11.5. The molecule has 1 atom stereocenters. The molecular formula is C15H14BrNO3. The number of hydrogen-bond donors (Lipinski definition) is 3. The number of nitrogens with two attached hydrogens (primary N) is 1. The van der Waals surface area contributed by atoms with Crippen LogP contribution >= 0.6 is 15.9 Å². The topological polar surface area (TPSA) is 83.5 Å². The third-order valence-electron chi connectivity index (χ3n) is 3.10. The van der Waals surface area contributed by atoms with Gasteiger partial charge < -0.3 is 15.9 Å². The fourth-order valence-corrected chi connectivity index (χ4v) is 2.42. The molecule has 4 N–H and O–H groups in total. The summed E-state index contributed by atoms with van der Waals surface area (Å²) in [5.74, 6) is -1.57. The highest BCUT2D eigenvalue weighted by atomic mass is 79.9. The predicted octanol–water partition coefficient (Wildman–Crippen LogP) is 3.15. The molecule has 104 valence electrons. The van der Waals surface area contributed by atoms with Gasteiger partial charge in [0, 0.05) is 10.2 Å². The Balaban J connectivity index is 2.32. The van der Waals surface area contributed by atoms with Crippen LogP contribution in [0.25, 0.3) is 0 Å². The van der Waals surface area contributed by atoms with Gasteiger partial charge in [-0.3, -0.25) is 4.79 Å². The van der Waals surface area contributed by atoms with Gasteiger partial charge in [-0.15, -0.1) is 0 Å². The second kappa shape index (κ2) is 5.96. The Morgan fingerprint density at radius 2 is 1.85 bits per heavy atom. The average Bonchev–Trinajstić information content (AvgIpc) is 2.40. The predicted molar refractivity (Wildman–Crippen MR) is 80.7 cm³/mol. The Kier molecular flexibility index (Phi) is 4.29. The zero-order chi connectivity index (χ0) is 14.7. The fraction of sp³-hybridized carbons (Fsp3) is 0.133. The SMILES string of the molecule is Nc1ccc(C(Cc2cc(Br)ccc2O)C(=O)O)cc1. The second-order valence-corrected chi connectivity index (χ2v) is 5.45. The highest BCUT2D eigenvalue weighted by Crippen LogP contribution is 2.29. The molecule has 0 fully saturated rings. The number of carboxylic acid groups (broad SMARTS) is 1. The maximum Gasteiger partial charge on any atom is 0.311 e. The molecule has 0 saturated carbocycles. The number of halogens is 1. The van der Waals surface area contributed by atoms with E-state index in [-0.39, 0.29) is 12.2 Å². The Labute approximate surface area is 125 Å². The van der Waals surface area contributed by atoms with Gasteiger partial charge in [0.15, 0.2) is 0 Å². The summed E-state index contributed by atoms with van der Waals surface area (Å²) >= 11 is 3.31. The van der Waals surface area contributed by atoms with Crippen molar-refractivity contribution in [2.24, 2.45) is 0 Å². The number of carbonyl (C=O) groups is 1. The highest BCUT2D eigenvalue weighted by molar-refractivity contribution is 9.10. The van der Waals surface area contributed by atoms with E-state index in [0.717, 1.165) is 4.47 Å². The molecule has 0 saturated heterocycles. The molecule has 1 unspecified atom stereocenters. The summed E-state index contributed by atoms with van der Waals surface area (Å²) in [4.78, 5) is 11.5. The summed E-state index contributed by atoms with van der Waals surface area (Å²) < 4.78 is 0.798. The van der Waals surface area contributed by atoms with Gasteiger partial charge in [0.05, 0.1) is 5.92 Å². The zero-order valence-corrected chi connectivity index (χ0v) is 12.2. The summed E-state index contributed by atoms with van der Waals surface area (Å²) in [5.41, 5.74) is 7.44. The van der Waals surface area contributed by atoms with E-state index in [1.165, 1.54) is 0 Å². The molecule has 2 aromatic rings. The van der Waals surface area contributed by atoms with Gasteiger partial charge in [0.2, 0.25) is 0 Å². The Bertz CT molecular complexity index is 626. The maximum atomic E-state index is 11.5. The number of aliphatic carboxylic acids is 1. The first-order valence-corrected chi connectivity index (χ1v) is 6.82. The van der Waals surface area contributed by atoms with Gasteiger partial charge in [-0.05, 0) is 47.9 Å². The molecule has 0 aliphatic rings. The van der Waals surface area contributed by atoms with E-state index in [9.17, 15) is 15.0 Å².